The third-order valence-electron chi connectivity index (χ3n) is 4.89. The molecular weight excluding hydrogens is 401 g/mol. The van der Waals surface area contributed by atoms with E-state index in [1.54, 1.807) is 6.07 Å². The zero-order valence-corrected chi connectivity index (χ0v) is 16.4. The second-order valence-electron chi connectivity index (χ2n) is 7.17. The van der Waals surface area contributed by atoms with Gasteiger partial charge in [0.05, 0.1) is 11.6 Å². The number of carbonyl (C=O) groups excluding carboxylic acids is 1. The second-order valence-corrected chi connectivity index (χ2v) is 8.25. The number of benzene rings is 1. The summed E-state index contributed by atoms with van der Waals surface area (Å²) in [5, 5.41) is 4.19. The molecule has 0 saturated heterocycles. The monoisotopic (exact) mass is 420 g/mol. The number of rotatable bonds is 6. The summed E-state index contributed by atoms with van der Waals surface area (Å²) in [7, 11) is 0. The van der Waals surface area contributed by atoms with Crippen molar-refractivity contribution in [3.8, 4) is 5.06 Å². The number of aromatic nitrogens is 1. The lowest BCUT2D eigenvalue weighted by Crippen LogP contribution is -2.28. The molecule has 1 amide bonds. The first kappa shape index (κ1) is 19.7. The number of carbonyl (C=O) groups is 1. The lowest BCUT2D eigenvalue weighted by atomic mass is 10.1. The summed E-state index contributed by atoms with van der Waals surface area (Å²) in [6.45, 7) is 0.485. The van der Waals surface area contributed by atoms with Crippen LogP contribution in [0.25, 0.3) is 10.9 Å². The minimum atomic E-state index is -4.37. The van der Waals surface area contributed by atoms with Crippen LogP contribution in [-0.4, -0.2) is 23.7 Å². The van der Waals surface area contributed by atoms with Crippen LogP contribution in [0, 0.1) is 5.92 Å². The number of para-hydroxylation sites is 1. The molecule has 3 atom stereocenters. The Hall–Kier alpha value is -2.61. The first-order valence-electron chi connectivity index (χ1n) is 9.25. The molecule has 0 aliphatic heterocycles. The largest absolute Gasteiger partial charge is 0.475 e. The van der Waals surface area contributed by atoms with Gasteiger partial charge in [0.25, 0.3) is 0 Å². The van der Waals surface area contributed by atoms with Crippen molar-refractivity contribution in [2.45, 2.75) is 31.5 Å². The highest BCUT2D eigenvalue weighted by atomic mass is 32.1. The molecule has 1 N–H and O–H groups in total. The van der Waals surface area contributed by atoms with E-state index in [0.717, 1.165) is 39.2 Å². The number of hydrogen-bond acceptors (Lipinski definition) is 4. The van der Waals surface area contributed by atoms with Gasteiger partial charge in [0.2, 0.25) is 5.91 Å². The summed E-state index contributed by atoms with van der Waals surface area (Å²) in [6, 6.07) is 14.7. The molecular formula is C21H19F3N2O2S. The van der Waals surface area contributed by atoms with Gasteiger partial charge in [-0.3, -0.25) is 9.78 Å². The van der Waals surface area contributed by atoms with E-state index in [1.165, 1.54) is 6.07 Å². The Bertz CT molecular complexity index is 1030. The van der Waals surface area contributed by atoms with Gasteiger partial charge in [0.1, 0.15) is 0 Å². The average molecular weight is 420 g/mol. The van der Waals surface area contributed by atoms with Crippen LogP contribution in [0.3, 0.4) is 0 Å². The molecule has 1 fully saturated rings. The van der Waals surface area contributed by atoms with Crippen LogP contribution in [0.1, 0.15) is 35.9 Å². The molecule has 2 aromatic heterocycles. The molecule has 4 rings (SSSR count). The standard InChI is InChI=1S/C21H19F3N2O2S/c1-12(18-8-9-19(29-18)28-11-21(22,23)24)25-20(27)15-10-14(15)17-7-6-13-4-2-3-5-16(13)26-17/h2-9,12,14-15H,10-11H2,1H3,(H,25,27)/t12-,14?,15?/m1/s1. The van der Waals surface area contributed by atoms with E-state index in [9.17, 15) is 18.0 Å². The number of hydrogen-bond donors (Lipinski definition) is 1. The van der Waals surface area contributed by atoms with E-state index >= 15 is 0 Å². The molecule has 4 nitrogen and oxygen atoms in total. The van der Waals surface area contributed by atoms with Gasteiger partial charge in [-0.05, 0) is 37.6 Å². The molecule has 1 aliphatic carbocycles. The summed E-state index contributed by atoms with van der Waals surface area (Å²) in [5.74, 6) is -0.100. The summed E-state index contributed by atoms with van der Waals surface area (Å²) in [5.41, 5.74) is 1.82. The number of thiophene rings is 1. The van der Waals surface area contributed by atoms with Crippen LogP contribution in [0.2, 0.25) is 0 Å². The maximum absolute atomic E-state index is 12.6. The second kappa shape index (κ2) is 7.67. The fourth-order valence-corrected chi connectivity index (χ4v) is 4.15. The lowest BCUT2D eigenvalue weighted by molar-refractivity contribution is -0.152. The van der Waals surface area contributed by atoms with E-state index in [-0.39, 0.29) is 28.8 Å². The van der Waals surface area contributed by atoms with Gasteiger partial charge in [0.15, 0.2) is 11.7 Å². The maximum Gasteiger partial charge on any atom is 0.422 e. The van der Waals surface area contributed by atoms with Crippen LogP contribution in [0.4, 0.5) is 13.2 Å². The third-order valence-corrected chi connectivity index (χ3v) is 6.07. The topological polar surface area (TPSA) is 51.2 Å². The Morgan fingerprint density at radius 3 is 2.83 bits per heavy atom. The number of nitrogens with one attached hydrogen (secondary N) is 1. The fourth-order valence-electron chi connectivity index (χ4n) is 3.29. The normalized spacial score (nSPS) is 19.7. The van der Waals surface area contributed by atoms with Crippen LogP contribution in [-0.2, 0) is 4.79 Å². The predicted molar refractivity (Wildman–Crippen MR) is 105 cm³/mol. The van der Waals surface area contributed by atoms with Crippen molar-refractivity contribution in [2.24, 2.45) is 5.92 Å². The smallest absolute Gasteiger partial charge is 0.422 e. The zero-order valence-electron chi connectivity index (χ0n) is 15.6. The average Bonchev–Trinajstić information content (AvgIpc) is 3.35. The quantitative estimate of drug-likeness (QED) is 0.595. The van der Waals surface area contributed by atoms with Crippen molar-refractivity contribution < 1.29 is 22.7 Å². The highest BCUT2D eigenvalue weighted by Gasteiger charge is 2.45. The number of pyridine rings is 1. The molecule has 1 aliphatic rings. The summed E-state index contributed by atoms with van der Waals surface area (Å²) >= 11 is 1.11. The molecule has 2 heterocycles. The Labute approximate surface area is 169 Å². The number of amides is 1. The number of alkyl halides is 3. The molecule has 0 spiro atoms. The van der Waals surface area contributed by atoms with Crippen molar-refractivity contribution >= 4 is 28.1 Å². The first-order chi connectivity index (χ1) is 13.8. The van der Waals surface area contributed by atoms with Crippen LogP contribution < -0.4 is 10.1 Å². The molecule has 0 bridgehead atoms. The van der Waals surface area contributed by atoms with Crippen LogP contribution in [0.5, 0.6) is 5.06 Å². The van der Waals surface area contributed by atoms with Crippen molar-refractivity contribution in [3.05, 3.63) is 59.1 Å². The molecule has 0 radical (unpaired) electrons. The van der Waals surface area contributed by atoms with Crippen molar-refractivity contribution in [1.82, 2.24) is 10.3 Å². The van der Waals surface area contributed by atoms with E-state index in [1.807, 2.05) is 43.3 Å². The number of halogens is 3. The molecule has 3 aromatic rings. The third kappa shape index (κ3) is 4.70. The summed E-state index contributed by atoms with van der Waals surface area (Å²) in [4.78, 5) is 18.0. The Kier molecular flexibility index (Phi) is 5.21. The van der Waals surface area contributed by atoms with Gasteiger partial charge in [-0.15, -0.1) is 11.3 Å². The van der Waals surface area contributed by atoms with Crippen molar-refractivity contribution in [2.75, 3.05) is 6.61 Å². The number of nitrogens with zero attached hydrogens (tertiary/aromatic N) is 1. The molecule has 29 heavy (non-hydrogen) atoms. The van der Waals surface area contributed by atoms with Gasteiger partial charge in [-0.2, -0.15) is 13.2 Å². The van der Waals surface area contributed by atoms with Crippen molar-refractivity contribution in [1.29, 1.82) is 0 Å². The predicted octanol–water partition coefficient (Wildman–Crippen LogP) is 5.22. The fraction of sp³-hybridized carbons (Fsp3) is 0.333. The van der Waals surface area contributed by atoms with E-state index in [4.69, 9.17) is 4.74 Å². The summed E-state index contributed by atoms with van der Waals surface area (Å²) in [6.07, 6.45) is -3.63. The number of fused-ring (bicyclic) bond motifs is 1. The molecule has 1 saturated carbocycles. The minimum absolute atomic E-state index is 0.0661. The van der Waals surface area contributed by atoms with E-state index in [0.29, 0.717) is 0 Å². The molecule has 2 unspecified atom stereocenters. The van der Waals surface area contributed by atoms with Gasteiger partial charge in [0, 0.05) is 27.8 Å². The minimum Gasteiger partial charge on any atom is -0.475 e. The first-order valence-corrected chi connectivity index (χ1v) is 10.1. The Balaban J connectivity index is 1.34. The zero-order chi connectivity index (χ0) is 20.6. The van der Waals surface area contributed by atoms with Gasteiger partial charge >= 0.3 is 6.18 Å². The van der Waals surface area contributed by atoms with E-state index in [2.05, 4.69) is 10.3 Å². The highest BCUT2D eigenvalue weighted by Crippen LogP contribution is 2.47. The van der Waals surface area contributed by atoms with Crippen LogP contribution >= 0.6 is 11.3 Å². The van der Waals surface area contributed by atoms with Gasteiger partial charge < -0.3 is 10.1 Å². The Morgan fingerprint density at radius 1 is 1.24 bits per heavy atom. The molecule has 152 valence electrons. The molecule has 8 heteroatoms. The SMILES string of the molecule is C[C@@H](NC(=O)C1CC1c1ccc2ccccc2n1)c1ccc(OCC(F)(F)F)s1. The summed E-state index contributed by atoms with van der Waals surface area (Å²) < 4.78 is 41.5. The Morgan fingerprint density at radius 2 is 2.03 bits per heavy atom. The maximum atomic E-state index is 12.6. The van der Waals surface area contributed by atoms with Crippen molar-refractivity contribution in [3.63, 3.8) is 0 Å². The van der Waals surface area contributed by atoms with Gasteiger partial charge in [-0.25, -0.2) is 0 Å². The number of ether oxygens (including phenoxy) is 1. The van der Waals surface area contributed by atoms with Gasteiger partial charge in [-0.1, -0.05) is 24.3 Å². The van der Waals surface area contributed by atoms with E-state index < -0.39 is 12.8 Å². The van der Waals surface area contributed by atoms with Crippen LogP contribution in [0.15, 0.2) is 48.5 Å². The highest BCUT2D eigenvalue weighted by molar-refractivity contribution is 7.13. The lowest BCUT2D eigenvalue weighted by Gasteiger charge is -2.12. The molecule has 1 aromatic carbocycles.